The minimum absolute atomic E-state index is 0.0784. The third-order valence-corrected chi connectivity index (χ3v) is 5.65. The van der Waals surface area contributed by atoms with Crippen LogP contribution in [0, 0.1) is 0 Å². The lowest BCUT2D eigenvalue weighted by atomic mass is 10.2. The third-order valence-electron chi connectivity index (χ3n) is 3.97. The quantitative estimate of drug-likeness (QED) is 0.656. The first-order valence-electron chi connectivity index (χ1n) is 8.11. The van der Waals surface area contributed by atoms with Crippen LogP contribution >= 0.6 is 22.9 Å². The number of halogens is 1. The van der Waals surface area contributed by atoms with Gasteiger partial charge in [-0.05, 0) is 23.8 Å². The summed E-state index contributed by atoms with van der Waals surface area (Å²) in [5, 5.41) is 3.76. The SMILES string of the molecule is O=C(CNC(=O)c1sc2ccccc2c1Cl)OCc1ccc2c(c1)OCO2. The van der Waals surface area contributed by atoms with Crippen molar-refractivity contribution in [3.8, 4) is 11.5 Å². The first kappa shape index (κ1) is 17.6. The second kappa shape index (κ2) is 7.46. The average Bonchev–Trinajstić information content (AvgIpc) is 3.29. The number of thiophene rings is 1. The molecule has 3 aromatic rings. The third kappa shape index (κ3) is 3.70. The van der Waals surface area contributed by atoms with Crippen molar-refractivity contribution in [3.63, 3.8) is 0 Å². The van der Waals surface area contributed by atoms with Crippen molar-refractivity contribution in [2.24, 2.45) is 0 Å². The molecule has 0 aliphatic carbocycles. The lowest BCUT2D eigenvalue weighted by Crippen LogP contribution is -2.30. The van der Waals surface area contributed by atoms with Crippen molar-refractivity contribution in [2.45, 2.75) is 6.61 Å². The molecule has 2 aromatic carbocycles. The van der Waals surface area contributed by atoms with Gasteiger partial charge in [0.1, 0.15) is 18.0 Å². The molecule has 0 atom stereocenters. The Morgan fingerprint density at radius 1 is 1.15 bits per heavy atom. The zero-order chi connectivity index (χ0) is 18.8. The molecule has 0 unspecified atom stereocenters. The number of nitrogens with one attached hydrogen (secondary N) is 1. The van der Waals surface area contributed by atoms with Gasteiger partial charge in [-0.2, -0.15) is 0 Å². The molecule has 0 saturated carbocycles. The highest BCUT2D eigenvalue weighted by Gasteiger charge is 2.18. The van der Waals surface area contributed by atoms with Crippen LogP contribution in [0.5, 0.6) is 11.5 Å². The number of hydrogen-bond acceptors (Lipinski definition) is 6. The van der Waals surface area contributed by atoms with E-state index in [0.29, 0.717) is 21.4 Å². The molecule has 1 aliphatic heterocycles. The summed E-state index contributed by atoms with van der Waals surface area (Å²) < 4.78 is 16.6. The van der Waals surface area contributed by atoms with Crippen LogP contribution in [0.15, 0.2) is 42.5 Å². The fourth-order valence-electron chi connectivity index (χ4n) is 2.64. The maximum atomic E-state index is 12.3. The Kier molecular flexibility index (Phi) is 4.87. The van der Waals surface area contributed by atoms with Crippen LogP contribution in [0.3, 0.4) is 0 Å². The van der Waals surface area contributed by atoms with Crippen LogP contribution in [-0.4, -0.2) is 25.2 Å². The predicted molar refractivity (Wildman–Crippen MR) is 102 cm³/mol. The Hall–Kier alpha value is -2.77. The summed E-state index contributed by atoms with van der Waals surface area (Å²) in [4.78, 5) is 24.6. The molecule has 0 saturated heterocycles. The van der Waals surface area contributed by atoms with E-state index in [1.807, 2.05) is 24.3 Å². The molecule has 1 aliphatic rings. The van der Waals surface area contributed by atoms with E-state index >= 15 is 0 Å². The minimum Gasteiger partial charge on any atom is -0.460 e. The van der Waals surface area contributed by atoms with Gasteiger partial charge in [0, 0.05) is 10.1 Å². The van der Waals surface area contributed by atoms with Gasteiger partial charge in [0.2, 0.25) is 6.79 Å². The fourth-order valence-corrected chi connectivity index (χ4v) is 4.07. The van der Waals surface area contributed by atoms with Gasteiger partial charge in [0.25, 0.3) is 5.91 Å². The number of amides is 1. The van der Waals surface area contributed by atoms with Gasteiger partial charge in [-0.25, -0.2) is 0 Å². The second-order valence-corrected chi connectivity index (χ2v) is 7.20. The largest absolute Gasteiger partial charge is 0.460 e. The van der Waals surface area contributed by atoms with Gasteiger partial charge in [-0.1, -0.05) is 35.9 Å². The molecule has 0 spiro atoms. The number of ether oxygens (including phenoxy) is 3. The van der Waals surface area contributed by atoms with Gasteiger partial charge < -0.3 is 19.5 Å². The predicted octanol–water partition coefficient (Wildman–Crippen LogP) is 3.76. The molecule has 1 aromatic heterocycles. The van der Waals surface area contributed by atoms with Gasteiger partial charge in [0.05, 0.1) is 5.02 Å². The Balaban J connectivity index is 1.32. The highest BCUT2D eigenvalue weighted by Crippen LogP contribution is 2.35. The molecule has 4 rings (SSSR count). The van der Waals surface area contributed by atoms with Crippen molar-refractivity contribution in [1.82, 2.24) is 5.32 Å². The lowest BCUT2D eigenvalue weighted by Gasteiger charge is -2.07. The molecule has 8 heteroatoms. The summed E-state index contributed by atoms with van der Waals surface area (Å²) in [5.41, 5.74) is 0.770. The monoisotopic (exact) mass is 403 g/mol. The number of hydrogen-bond donors (Lipinski definition) is 1. The summed E-state index contributed by atoms with van der Waals surface area (Å²) >= 11 is 7.55. The van der Waals surface area contributed by atoms with Crippen molar-refractivity contribution in [2.75, 3.05) is 13.3 Å². The first-order chi connectivity index (χ1) is 13.1. The molecule has 1 amide bonds. The molecule has 1 N–H and O–H groups in total. The summed E-state index contributed by atoms with van der Waals surface area (Å²) in [6.45, 7) is 0.0217. The Morgan fingerprint density at radius 3 is 2.81 bits per heavy atom. The molecule has 138 valence electrons. The van der Waals surface area contributed by atoms with Crippen LogP contribution < -0.4 is 14.8 Å². The summed E-state index contributed by atoms with van der Waals surface area (Å²) in [7, 11) is 0. The van der Waals surface area contributed by atoms with Gasteiger partial charge in [0.15, 0.2) is 11.5 Å². The van der Waals surface area contributed by atoms with Crippen LogP contribution in [0.1, 0.15) is 15.2 Å². The fraction of sp³-hybridized carbons (Fsp3) is 0.158. The Bertz CT molecular complexity index is 1030. The molecular formula is C19H14ClNO5S. The first-order valence-corrected chi connectivity index (χ1v) is 9.30. The molecule has 0 bridgehead atoms. The van der Waals surface area contributed by atoms with Gasteiger partial charge >= 0.3 is 5.97 Å². The number of rotatable bonds is 5. The maximum Gasteiger partial charge on any atom is 0.325 e. The van der Waals surface area contributed by atoms with E-state index < -0.39 is 11.9 Å². The van der Waals surface area contributed by atoms with E-state index in [4.69, 9.17) is 25.8 Å². The Labute approximate surface area is 163 Å². The number of carbonyl (C=O) groups excluding carboxylic acids is 2. The highest BCUT2D eigenvalue weighted by atomic mass is 35.5. The summed E-state index contributed by atoms with van der Waals surface area (Å²) in [6.07, 6.45) is 0. The maximum absolute atomic E-state index is 12.3. The zero-order valence-electron chi connectivity index (χ0n) is 14.0. The highest BCUT2D eigenvalue weighted by molar-refractivity contribution is 7.21. The standard InChI is InChI=1S/C19H14ClNO5S/c20-17-12-3-1-2-4-15(12)27-18(17)19(23)21-8-16(22)24-9-11-5-6-13-14(7-11)26-10-25-13/h1-7H,8-10H2,(H,21,23). The van der Waals surface area contributed by atoms with E-state index in [-0.39, 0.29) is 19.9 Å². The number of fused-ring (bicyclic) bond motifs is 2. The molecule has 6 nitrogen and oxygen atoms in total. The normalized spacial score (nSPS) is 12.2. The van der Waals surface area contributed by atoms with Crippen molar-refractivity contribution in [1.29, 1.82) is 0 Å². The molecule has 2 heterocycles. The van der Waals surface area contributed by atoms with Gasteiger partial charge in [-0.15, -0.1) is 11.3 Å². The topological polar surface area (TPSA) is 73.9 Å². The summed E-state index contributed by atoms with van der Waals surface area (Å²) in [6, 6.07) is 12.8. The molecule has 0 fully saturated rings. The molecule has 0 radical (unpaired) electrons. The number of carbonyl (C=O) groups is 2. The Morgan fingerprint density at radius 2 is 1.96 bits per heavy atom. The van der Waals surface area contributed by atoms with Crippen LogP contribution in [0.2, 0.25) is 5.02 Å². The summed E-state index contributed by atoms with van der Waals surface area (Å²) in [5.74, 6) is 0.341. The number of esters is 1. The average molecular weight is 404 g/mol. The minimum atomic E-state index is -0.543. The van der Waals surface area contributed by atoms with E-state index in [0.717, 1.165) is 15.6 Å². The van der Waals surface area contributed by atoms with Crippen LogP contribution in [0.4, 0.5) is 0 Å². The van der Waals surface area contributed by atoms with Gasteiger partial charge in [-0.3, -0.25) is 9.59 Å². The smallest absolute Gasteiger partial charge is 0.325 e. The lowest BCUT2D eigenvalue weighted by molar-refractivity contribution is -0.143. The van der Waals surface area contributed by atoms with Crippen LogP contribution in [-0.2, 0) is 16.1 Å². The molecular weight excluding hydrogens is 390 g/mol. The van der Waals surface area contributed by atoms with Crippen molar-refractivity contribution in [3.05, 3.63) is 57.9 Å². The second-order valence-electron chi connectivity index (χ2n) is 5.77. The zero-order valence-corrected chi connectivity index (χ0v) is 15.6. The van der Waals surface area contributed by atoms with E-state index in [1.54, 1.807) is 18.2 Å². The van der Waals surface area contributed by atoms with Crippen molar-refractivity contribution >= 4 is 44.9 Å². The van der Waals surface area contributed by atoms with E-state index in [1.165, 1.54) is 11.3 Å². The van der Waals surface area contributed by atoms with E-state index in [2.05, 4.69) is 5.32 Å². The van der Waals surface area contributed by atoms with E-state index in [9.17, 15) is 9.59 Å². The van der Waals surface area contributed by atoms with Crippen molar-refractivity contribution < 1.29 is 23.8 Å². The number of benzene rings is 2. The molecule has 27 heavy (non-hydrogen) atoms. The van der Waals surface area contributed by atoms with Crippen LogP contribution in [0.25, 0.3) is 10.1 Å².